The normalized spacial score (nSPS) is 17.6. The molecule has 0 spiro atoms. The quantitative estimate of drug-likeness (QED) is 0.804. The van der Waals surface area contributed by atoms with Gasteiger partial charge >= 0.3 is 0 Å². The van der Waals surface area contributed by atoms with E-state index in [0.717, 1.165) is 34.7 Å². The lowest BCUT2D eigenvalue weighted by molar-refractivity contribution is -0.134. The Balaban J connectivity index is 2.13. The SMILES string of the molecule is CCc1cccc(CC)c1NC(=O)CC1C(=O)NN(C)C1=O. The molecule has 118 valence electrons. The number of nitrogens with zero attached hydrogens (tertiary/aromatic N) is 1. The second-order valence-electron chi connectivity index (χ2n) is 5.34. The van der Waals surface area contributed by atoms with Gasteiger partial charge in [-0.15, -0.1) is 0 Å². The van der Waals surface area contributed by atoms with Crippen LogP contribution in [-0.2, 0) is 27.2 Å². The van der Waals surface area contributed by atoms with Gasteiger partial charge in [-0.3, -0.25) is 24.8 Å². The van der Waals surface area contributed by atoms with E-state index in [1.54, 1.807) is 0 Å². The third-order valence-electron chi connectivity index (χ3n) is 3.88. The standard InChI is InChI=1S/C16H21N3O3/c1-4-10-7-6-8-11(5-2)14(10)17-13(20)9-12-15(21)18-19(3)16(12)22/h6-8,12H,4-5,9H2,1-3H3,(H,17,20)(H,18,21). The van der Waals surface area contributed by atoms with Crippen LogP contribution in [0.4, 0.5) is 5.69 Å². The highest BCUT2D eigenvalue weighted by atomic mass is 16.2. The number of hydrogen-bond donors (Lipinski definition) is 2. The van der Waals surface area contributed by atoms with E-state index in [-0.39, 0.29) is 18.2 Å². The zero-order valence-electron chi connectivity index (χ0n) is 13.1. The lowest BCUT2D eigenvalue weighted by Gasteiger charge is -2.15. The topological polar surface area (TPSA) is 78.5 Å². The van der Waals surface area contributed by atoms with Crippen molar-refractivity contribution in [3.8, 4) is 0 Å². The lowest BCUT2D eigenvalue weighted by atomic mass is 10.0. The van der Waals surface area contributed by atoms with Crippen LogP contribution in [-0.4, -0.2) is 29.8 Å². The molecule has 1 aromatic rings. The Morgan fingerprint density at radius 2 is 1.82 bits per heavy atom. The van der Waals surface area contributed by atoms with Gasteiger partial charge in [0.05, 0.1) is 0 Å². The molecule has 1 saturated heterocycles. The summed E-state index contributed by atoms with van der Waals surface area (Å²) < 4.78 is 0. The van der Waals surface area contributed by atoms with Crippen molar-refractivity contribution >= 4 is 23.4 Å². The van der Waals surface area contributed by atoms with Crippen LogP contribution in [0.15, 0.2) is 18.2 Å². The smallest absolute Gasteiger partial charge is 0.253 e. The van der Waals surface area contributed by atoms with Crippen molar-refractivity contribution in [3.63, 3.8) is 0 Å². The van der Waals surface area contributed by atoms with E-state index in [9.17, 15) is 14.4 Å². The number of carbonyl (C=O) groups excluding carboxylic acids is 3. The van der Waals surface area contributed by atoms with Crippen molar-refractivity contribution in [2.45, 2.75) is 33.1 Å². The van der Waals surface area contributed by atoms with Crippen LogP contribution in [0.25, 0.3) is 0 Å². The molecule has 1 fully saturated rings. The summed E-state index contributed by atoms with van der Waals surface area (Å²) in [6.07, 6.45) is 1.46. The fourth-order valence-corrected chi connectivity index (χ4v) is 2.60. The summed E-state index contributed by atoms with van der Waals surface area (Å²) in [5.41, 5.74) is 5.29. The number of hydrogen-bond acceptors (Lipinski definition) is 3. The minimum absolute atomic E-state index is 0.143. The molecular formula is C16H21N3O3. The highest BCUT2D eigenvalue weighted by Crippen LogP contribution is 2.23. The van der Waals surface area contributed by atoms with Crippen LogP contribution in [0.1, 0.15) is 31.4 Å². The number of nitrogens with one attached hydrogen (secondary N) is 2. The van der Waals surface area contributed by atoms with Gasteiger partial charge in [0.15, 0.2) is 0 Å². The number of amides is 3. The first kappa shape index (κ1) is 16.0. The summed E-state index contributed by atoms with van der Waals surface area (Å²) in [5.74, 6) is -2.06. The Morgan fingerprint density at radius 1 is 1.23 bits per heavy atom. The van der Waals surface area contributed by atoms with Crippen molar-refractivity contribution in [1.29, 1.82) is 0 Å². The summed E-state index contributed by atoms with van der Waals surface area (Å²) in [6.45, 7) is 4.04. The lowest BCUT2D eigenvalue weighted by Crippen LogP contribution is -2.31. The summed E-state index contributed by atoms with van der Waals surface area (Å²) in [6, 6.07) is 5.90. The molecule has 1 aromatic carbocycles. The molecule has 0 saturated carbocycles. The highest BCUT2D eigenvalue weighted by molar-refractivity contribution is 6.09. The molecule has 0 bridgehead atoms. The minimum Gasteiger partial charge on any atom is -0.326 e. The predicted molar refractivity (Wildman–Crippen MR) is 82.8 cm³/mol. The van der Waals surface area contributed by atoms with E-state index in [4.69, 9.17) is 0 Å². The third kappa shape index (κ3) is 3.10. The molecule has 1 atom stereocenters. The molecule has 22 heavy (non-hydrogen) atoms. The summed E-state index contributed by atoms with van der Waals surface area (Å²) in [4.78, 5) is 35.7. The van der Waals surface area contributed by atoms with Gasteiger partial charge in [0.25, 0.3) is 11.8 Å². The van der Waals surface area contributed by atoms with Crippen molar-refractivity contribution in [1.82, 2.24) is 10.4 Å². The van der Waals surface area contributed by atoms with Crippen molar-refractivity contribution < 1.29 is 14.4 Å². The average Bonchev–Trinajstić information content (AvgIpc) is 2.74. The molecule has 6 heteroatoms. The Bertz CT molecular complexity index is 590. The molecule has 1 unspecified atom stereocenters. The Labute approximate surface area is 129 Å². The van der Waals surface area contributed by atoms with E-state index >= 15 is 0 Å². The maximum atomic E-state index is 12.2. The van der Waals surface area contributed by atoms with E-state index in [1.165, 1.54) is 7.05 Å². The number of para-hydroxylation sites is 1. The summed E-state index contributed by atoms with van der Waals surface area (Å²) >= 11 is 0. The fourth-order valence-electron chi connectivity index (χ4n) is 2.60. The van der Waals surface area contributed by atoms with Gasteiger partial charge in [0.1, 0.15) is 5.92 Å². The van der Waals surface area contributed by atoms with E-state index < -0.39 is 11.8 Å². The molecule has 2 rings (SSSR count). The fraction of sp³-hybridized carbons (Fsp3) is 0.438. The molecule has 1 heterocycles. The Kier molecular flexibility index (Phi) is 4.80. The van der Waals surface area contributed by atoms with E-state index in [1.807, 2.05) is 32.0 Å². The zero-order valence-corrected chi connectivity index (χ0v) is 13.1. The number of benzene rings is 1. The largest absolute Gasteiger partial charge is 0.326 e. The van der Waals surface area contributed by atoms with Gasteiger partial charge in [-0.1, -0.05) is 32.0 Å². The van der Waals surface area contributed by atoms with Crippen molar-refractivity contribution in [2.75, 3.05) is 12.4 Å². The van der Waals surface area contributed by atoms with Gasteiger partial charge in [-0.25, -0.2) is 0 Å². The molecule has 3 amide bonds. The monoisotopic (exact) mass is 303 g/mol. The van der Waals surface area contributed by atoms with Gasteiger partial charge in [-0.2, -0.15) is 0 Å². The molecule has 0 aliphatic carbocycles. The average molecular weight is 303 g/mol. The molecule has 1 aliphatic rings. The summed E-state index contributed by atoms with van der Waals surface area (Å²) in [5, 5.41) is 4.00. The first-order chi connectivity index (χ1) is 10.5. The Hall–Kier alpha value is -2.37. The zero-order chi connectivity index (χ0) is 16.3. The Morgan fingerprint density at radius 3 is 2.27 bits per heavy atom. The number of anilines is 1. The van der Waals surface area contributed by atoms with Crippen LogP contribution >= 0.6 is 0 Å². The maximum Gasteiger partial charge on any atom is 0.253 e. The van der Waals surface area contributed by atoms with Crippen LogP contribution < -0.4 is 10.7 Å². The van der Waals surface area contributed by atoms with Crippen molar-refractivity contribution in [2.24, 2.45) is 5.92 Å². The first-order valence-electron chi connectivity index (χ1n) is 7.46. The molecule has 0 radical (unpaired) electrons. The third-order valence-corrected chi connectivity index (χ3v) is 3.88. The minimum atomic E-state index is -0.941. The maximum absolute atomic E-state index is 12.2. The number of carbonyl (C=O) groups is 3. The van der Waals surface area contributed by atoms with E-state index in [0.29, 0.717) is 0 Å². The second-order valence-corrected chi connectivity index (χ2v) is 5.34. The molecule has 0 aromatic heterocycles. The molecule has 1 aliphatic heterocycles. The number of hydrazine groups is 1. The summed E-state index contributed by atoms with van der Waals surface area (Å²) in [7, 11) is 1.47. The number of aryl methyl sites for hydroxylation is 2. The van der Waals surface area contributed by atoms with Crippen LogP contribution in [0, 0.1) is 5.92 Å². The molecular weight excluding hydrogens is 282 g/mol. The van der Waals surface area contributed by atoms with Gasteiger partial charge < -0.3 is 5.32 Å². The van der Waals surface area contributed by atoms with Crippen molar-refractivity contribution in [3.05, 3.63) is 29.3 Å². The molecule has 6 nitrogen and oxygen atoms in total. The van der Waals surface area contributed by atoms with Crippen LogP contribution in [0.2, 0.25) is 0 Å². The second kappa shape index (κ2) is 6.60. The van der Waals surface area contributed by atoms with Gasteiger partial charge in [0.2, 0.25) is 5.91 Å². The van der Waals surface area contributed by atoms with Gasteiger partial charge in [-0.05, 0) is 24.0 Å². The van der Waals surface area contributed by atoms with E-state index in [2.05, 4.69) is 10.7 Å². The van der Waals surface area contributed by atoms with Crippen LogP contribution in [0.5, 0.6) is 0 Å². The molecule has 2 N–H and O–H groups in total. The highest BCUT2D eigenvalue weighted by Gasteiger charge is 2.38. The number of rotatable bonds is 5. The predicted octanol–water partition coefficient (Wildman–Crippen LogP) is 1.26. The van der Waals surface area contributed by atoms with Crippen LogP contribution in [0.3, 0.4) is 0 Å². The van der Waals surface area contributed by atoms with Gasteiger partial charge in [0, 0.05) is 19.2 Å². The first-order valence-corrected chi connectivity index (χ1v) is 7.46.